The predicted molar refractivity (Wildman–Crippen MR) is 102 cm³/mol. The minimum absolute atomic E-state index is 0.215. The van der Waals surface area contributed by atoms with E-state index < -0.39 is 5.60 Å². The monoisotopic (exact) mass is 370 g/mol. The number of methoxy groups -OCH3 is 2. The molecule has 0 aromatic heterocycles. The van der Waals surface area contributed by atoms with Gasteiger partial charge >= 0.3 is 5.97 Å². The first kappa shape index (κ1) is 19.2. The molecule has 0 amide bonds. The molecule has 0 bridgehead atoms. The third-order valence-electron chi connectivity index (χ3n) is 5.04. The zero-order valence-corrected chi connectivity index (χ0v) is 16.3. The second kappa shape index (κ2) is 8.01. The van der Waals surface area contributed by atoms with Crippen LogP contribution in [-0.2, 0) is 32.7 Å². The molecule has 0 spiro atoms. The molecule has 0 radical (unpaired) electrons. The van der Waals surface area contributed by atoms with Gasteiger partial charge in [-0.3, -0.25) is 4.79 Å². The predicted octanol–water partition coefficient (Wildman–Crippen LogP) is 3.65. The highest BCUT2D eigenvalue weighted by molar-refractivity contribution is 5.72. The molecule has 144 valence electrons. The molecule has 0 fully saturated rings. The van der Waals surface area contributed by atoms with Gasteiger partial charge in [-0.1, -0.05) is 24.3 Å². The summed E-state index contributed by atoms with van der Waals surface area (Å²) in [6.45, 7) is 4.90. The third kappa shape index (κ3) is 3.78. The van der Waals surface area contributed by atoms with E-state index in [2.05, 4.69) is 6.92 Å². The van der Waals surface area contributed by atoms with E-state index in [-0.39, 0.29) is 12.4 Å². The summed E-state index contributed by atoms with van der Waals surface area (Å²) in [4.78, 5) is 11.7. The number of hydrogen-bond donors (Lipinski definition) is 0. The number of rotatable bonds is 6. The number of benzene rings is 2. The van der Waals surface area contributed by atoms with Gasteiger partial charge in [0.2, 0.25) is 0 Å². The van der Waals surface area contributed by atoms with Crippen LogP contribution in [0.4, 0.5) is 0 Å². The van der Waals surface area contributed by atoms with E-state index in [0.717, 1.165) is 28.9 Å². The van der Waals surface area contributed by atoms with Crippen molar-refractivity contribution in [2.24, 2.45) is 0 Å². The molecule has 5 heteroatoms. The highest BCUT2D eigenvalue weighted by Crippen LogP contribution is 2.43. The lowest BCUT2D eigenvalue weighted by Gasteiger charge is -2.37. The zero-order valence-electron chi connectivity index (χ0n) is 16.3. The Hall–Kier alpha value is -2.53. The summed E-state index contributed by atoms with van der Waals surface area (Å²) in [5, 5.41) is 0. The maximum atomic E-state index is 11.7. The maximum absolute atomic E-state index is 11.7. The van der Waals surface area contributed by atoms with E-state index in [1.807, 2.05) is 43.3 Å². The number of hydrogen-bond acceptors (Lipinski definition) is 5. The van der Waals surface area contributed by atoms with Gasteiger partial charge in [-0.25, -0.2) is 0 Å². The molecular weight excluding hydrogens is 344 g/mol. The van der Waals surface area contributed by atoms with Gasteiger partial charge in [0, 0.05) is 0 Å². The first-order chi connectivity index (χ1) is 13.0. The topological polar surface area (TPSA) is 54.0 Å². The van der Waals surface area contributed by atoms with E-state index in [1.54, 1.807) is 14.2 Å². The molecule has 5 nitrogen and oxygen atoms in total. The Morgan fingerprint density at radius 2 is 1.78 bits per heavy atom. The van der Waals surface area contributed by atoms with Crippen LogP contribution >= 0.6 is 0 Å². The van der Waals surface area contributed by atoms with Crippen molar-refractivity contribution in [1.82, 2.24) is 0 Å². The molecular formula is C22H26O5. The number of ether oxygens (including phenoxy) is 4. The Morgan fingerprint density at radius 1 is 1.11 bits per heavy atom. The van der Waals surface area contributed by atoms with Crippen LogP contribution in [0, 0.1) is 0 Å². The van der Waals surface area contributed by atoms with Crippen LogP contribution in [0.3, 0.4) is 0 Å². The Balaban J connectivity index is 1.94. The summed E-state index contributed by atoms with van der Waals surface area (Å²) < 4.78 is 22.2. The third-order valence-corrected chi connectivity index (χ3v) is 5.04. The highest BCUT2D eigenvalue weighted by Gasteiger charge is 2.36. The van der Waals surface area contributed by atoms with Crippen LogP contribution in [-0.4, -0.2) is 33.4 Å². The molecule has 3 rings (SSSR count). The molecule has 1 unspecified atom stereocenters. The van der Waals surface area contributed by atoms with Gasteiger partial charge in [-0.15, -0.1) is 0 Å². The summed E-state index contributed by atoms with van der Waals surface area (Å²) in [6, 6.07) is 12.0. The van der Waals surface area contributed by atoms with Gasteiger partial charge in [0.05, 0.1) is 33.9 Å². The molecule has 27 heavy (non-hydrogen) atoms. The van der Waals surface area contributed by atoms with Crippen molar-refractivity contribution in [3.63, 3.8) is 0 Å². The van der Waals surface area contributed by atoms with Crippen molar-refractivity contribution in [1.29, 1.82) is 0 Å². The summed E-state index contributed by atoms with van der Waals surface area (Å²) in [6.07, 6.45) is 1.10. The quantitative estimate of drug-likeness (QED) is 0.727. The lowest BCUT2D eigenvalue weighted by molar-refractivity contribution is -0.142. The Morgan fingerprint density at radius 3 is 2.41 bits per heavy atom. The molecule has 1 aliphatic heterocycles. The lowest BCUT2D eigenvalue weighted by Crippen LogP contribution is -2.33. The fourth-order valence-electron chi connectivity index (χ4n) is 3.57. The summed E-state index contributed by atoms with van der Waals surface area (Å²) in [7, 11) is 3.28. The van der Waals surface area contributed by atoms with Gasteiger partial charge in [0.25, 0.3) is 0 Å². The van der Waals surface area contributed by atoms with Crippen LogP contribution in [0.2, 0.25) is 0 Å². The number of fused-ring (bicyclic) bond motifs is 1. The van der Waals surface area contributed by atoms with Gasteiger partial charge in [-0.2, -0.15) is 0 Å². The van der Waals surface area contributed by atoms with Gasteiger partial charge in [0.1, 0.15) is 5.60 Å². The number of carbonyl (C=O) groups is 1. The molecule has 0 saturated carbocycles. The SMILES string of the molecule is CCOC(=O)Cc1ccc(C2(C)OCCc3cc(OC)c(OC)cc32)cc1. The van der Waals surface area contributed by atoms with Crippen molar-refractivity contribution in [3.8, 4) is 11.5 Å². The fourth-order valence-corrected chi connectivity index (χ4v) is 3.57. The van der Waals surface area contributed by atoms with E-state index in [1.165, 1.54) is 5.56 Å². The van der Waals surface area contributed by atoms with Gasteiger partial charge in [-0.05, 0) is 54.7 Å². The Kier molecular flexibility index (Phi) is 5.71. The number of carbonyl (C=O) groups excluding carboxylic acids is 1. The second-order valence-electron chi connectivity index (χ2n) is 6.67. The maximum Gasteiger partial charge on any atom is 0.310 e. The number of esters is 1. The van der Waals surface area contributed by atoms with Crippen molar-refractivity contribution < 1.29 is 23.7 Å². The summed E-state index contributed by atoms with van der Waals surface area (Å²) >= 11 is 0. The van der Waals surface area contributed by atoms with Crippen LogP contribution in [0.15, 0.2) is 36.4 Å². The molecule has 2 aromatic carbocycles. The molecule has 1 aliphatic rings. The molecule has 0 aliphatic carbocycles. The van der Waals surface area contributed by atoms with Crippen LogP contribution in [0.1, 0.15) is 36.1 Å². The molecule has 0 N–H and O–H groups in total. The smallest absolute Gasteiger partial charge is 0.310 e. The molecule has 2 aromatic rings. The van der Waals surface area contributed by atoms with Crippen LogP contribution in [0.25, 0.3) is 0 Å². The van der Waals surface area contributed by atoms with Crippen molar-refractivity contribution in [3.05, 3.63) is 58.7 Å². The zero-order chi connectivity index (χ0) is 19.4. The van der Waals surface area contributed by atoms with Crippen molar-refractivity contribution in [2.75, 3.05) is 27.4 Å². The van der Waals surface area contributed by atoms with Crippen molar-refractivity contribution in [2.45, 2.75) is 32.3 Å². The standard InChI is InChI=1S/C22H26O5/c1-5-26-21(23)12-15-6-8-17(9-7-15)22(2)18-14-20(25-4)19(24-3)13-16(18)10-11-27-22/h6-9,13-14H,5,10-12H2,1-4H3. The minimum Gasteiger partial charge on any atom is -0.493 e. The first-order valence-electron chi connectivity index (χ1n) is 9.16. The van der Waals surface area contributed by atoms with E-state index in [4.69, 9.17) is 18.9 Å². The van der Waals surface area contributed by atoms with E-state index >= 15 is 0 Å². The van der Waals surface area contributed by atoms with E-state index in [9.17, 15) is 4.79 Å². The molecule has 1 heterocycles. The summed E-state index contributed by atoms with van der Waals surface area (Å²) in [5.41, 5.74) is 3.63. The molecule has 1 atom stereocenters. The highest BCUT2D eigenvalue weighted by atomic mass is 16.5. The normalized spacial score (nSPS) is 18.5. The minimum atomic E-state index is -0.588. The lowest BCUT2D eigenvalue weighted by atomic mass is 9.82. The first-order valence-corrected chi connectivity index (χ1v) is 9.16. The van der Waals surface area contributed by atoms with Gasteiger partial charge in [0.15, 0.2) is 11.5 Å². The average molecular weight is 370 g/mol. The molecule has 0 saturated heterocycles. The van der Waals surface area contributed by atoms with Crippen LogP contribution in [0.5, 0.6) is 11.5 Å². The van der Waals surface area contributed by atoms with E-state index in [0.29, 0.717) is 19.0 Å². The fraction of sp³-hybridized carbons (Fsp3) is 0.409. The Bertz CT molecular complexity index is 812. The summed E-state index contributed by atoms with van der Waals surface area (Å²) in [5.74, 6) is 1.20. The largest absolute Gasteiger partial charge is 0.493 e. The second-order valence-corrected chi connectivity index (χ2v) is 6.67. The van der Waals surface area contributed by atoms with Crippen molar-refractivity contribution >= 4 is 5.97 Å². The average Bonchev–Trinajstić information content (AvgIpc) is 2.68. The Labute approximate surface area is 160 Å². The van der Waals surface area contributed by atoms with Gasteiger partial charge < -0.3 is 18.9 Å². The van der Waals surface area contributed by atoms with Crippen LogP contribution < -0.4 is 9.47 Å².